The van der Waals surface area contributed by atoms with Crippen molar-refractivity contribution in [3.63, 3.8) is 0 Å². The van der Waals surface area contributed by atoms with Gasteiger partial charge in [-0.05, 0) is 47.9 Å². The molecule has 1 aliphatic heterocycles. The first-order valence-electron chi connectivity index (χ1n) is 12.5. The Morgan fingerprint density at radius 1 is 0.892 bits per heavy atom. The lowest BCUT2D eigenvalue weighted by Gasteiger charge is -2.28. The Bertz CT molecular complexity index is 1450. The van der Waals surface area contributed by atoms with Gasteiger partial charge in [0, 0.05) is 37.5 Å². The van der Waals surface area contributed by atoms with Crippen LogP contribution in [-0.2, 0) is 26.1 Å². The Kier molecular flexibility index (Phi) is 6.86. The van der Waals surface area contributed by atoms with Gasteiger partial charge in [0.15, 0.2) is 0 Å². The molecular weight excluding hydrogens is 464 g/mol. The van der Waals surface area contributed by atoms with E-state index in [1.807, 2.05) is 107 Å². The summed E-state index contributed by atoms with van der Waals surface area (Å²) in [5.74, 6) is 0.769. The van der Waals surface area contributed by atoms with E-state index in [4.69, 9.17) is 4.74 Å². The van der Waals surface area contributed by atoms with Crippen molar-refractivity contribution >= 4 is 11.6 Å². The van der Waals surface area contributed by atoms with Gasteiger partial charge in [-0.3, -0.25) is 14.3 Å². The highest BCUT2D eigenvalue weighted by atomic mass is 16.5. The van der Waals surface area contributed by atoms with Gasteiger partial charge in [-0.2, -0.15) is 0 Å². The first-order chi connectivity index (χ1) is 17.9. The Balaban J connectivity index is 1.51. The normalized spacial score (nSPS) is 12.8. The van der Waals surface area contributed by atoms with Crippen LogP contribution in [0.15, 0.2) is 83.7 Å². The maximum atomic E-state index is 13.6. The van der Waals surface area contributed by atoms with E-state index in [1.54, 1.807) is 7.11 Å². The number of aromatic nitrogens is 2. The fourth-order valence-electron chi connectivity index (χ4n) is 4.90. The van der Waals surface area contributed by atoms with E-state index in [-0.39, 0.29) is 11.5 Å². The van der Waals surface area contributed by atoms with Gasteiger partial charge < -0.3 is 14.5 Å². The van der Waals surface area contributed by atoms with Crippen molar-refractivity contribution in [2.75, 3.05) is 32.6 Å². The molecule has 5 rings (SSSR count). The van der Waals surface area contributed by atoms with Crippen LogP contribution in [0, 0.1) is 0 Å². The summed E-state index contributed by atoms with van der Waals surface area (Å²) in [4.78, 5) is 31.0. The average molecular weight is 497 g/mol. The molecule has 0 fully saturated rings. The fraction of sp³-hybridized carbons (Fsp3) is 0.267. The lowest BCUT2D eigenvalue weighted by molar-refractivity contribution is 0.0729. The minimum Gasteiger partial charge on any atom is -0.497 e. The van der Waals surface area contributed by atoms with Crippen molar-refractivity contribution in [2.45, 2.75) is 26.1 Å². The second-order valence-corrected chi connectivity index (χ2v) is 9.60. The molecule has 0 spiro atoms. The smallest absolute Gasteiger partial charge is 0.270 e. The van der Waals surface area contributed by atoms with Crippen LogP contribution in [0.25, 0.3) is 0 Å². The Morgan fingerprint density at radius 3 is 2.30 bits per heavy atom. The maximum Gasteiger partial charge on any atom is 0.270 e. The molecule has 0 N–H and O–H groups in total. The molecule has 1 aromatic heterocycles. The molecule has 0 saturated heterocycles. The number of ether oxygens (including phenoxy) is 1. The molecule has 0 aliphatic carbocycles. The van der Waals surface area contributed by atoms with Crippen LogP contribution < -0.4 is 15.2 Å². The minimum atomic E-state index is -0.0198. The summed E-state index contributed by atoms with van der Waals surface area (Å²) in [6.07, 6.45) is 0.539. The van der Waals surface area contributed by atoms with Gasteiger partial charge >= 0.3 is 0 Å². The van der Waals surface area contributed by atoms with Crippen LogP contribution >= 0.6 is 0 Å². The van der Waals surface area contributed by atoms with E-state index < -0.39 is 0 Å². The van der Waals surface area contributed by atoms with Gasteiger partial charge in [-0.1, -0.05) is 48.5 Å². The predicted molar refractivity (Wildman–Crippen MR) is 146 cm³/mol. The summed E-state index contributed by atoms with van der Waals surface area (Å²) in [5.41, 5.74) is 5.48. The molecular formula is C30H32N4O3. The molecule has 7 nitrogen and oxygen atoms in total. The van der Waals surface area contributed by atoms with Crippen molar-refractivity contribution < 1.29 is 9.53 Å². The molecule has 4 aromatic rings. The van der Waals surface area contributed by atoms with E-state index in [0.717, 1.165) is 33.8 Å². The van der Waals surface area contributed by atoms with E-state index >= 15 is 0 Å². The summed E-state index contributed by atoms with van der Waals surface area (Å²) in [7, 11) is 5.57. The molecule has 0 unspecified atom stereocenters. The summed E-state index contributed by atoms with van der Waals surface area (Å²) in [5, 5.41) is 0. The standard InChI is InChI=1S/C30H32N4O3/c1-31(2)25-11-7-10-24(18-25)29(35)32-17-16-27-28(21-32)33(19-23-12-14-26(37-3)15-13-23)34(30(27)36)20-22-8-5-4-6-9-22/h4-15,18H,16-17,19-21H2,1-3H3. The van der Waals surface area contributed by atoms with Gasteiger partial charge in [0.25, 0.3) is 11.5 Å². The third kappa shape index (κ3) is 5.03. The first kappa shape index (κ1) is 24.4. The van der Waals surface area contributed by atoms with Crippen LogP contribution in [0.2, 0.25) is 0 Å². The van der Waals surface area contributed by atoms with Crippen LogP contribution in [0.3, 0.4) is 0 Å². The van der Waals surface area contributed by atoms with Crippen LogP contribution in [0.5, 0.6) is 5.75 Å². The highest BCUT2D eigenvalue weighted by molar-refractivity contribution is 5.95. The summed E-state index contributed by atoms with van der Waals surface area (Å²) in [6.45, 7) is 1.92. The molecule has 0 radical (unpaired) electrons. The second kappa shape index (κ2) is 10.4. The molecule has 1 amide bonds. The van der Waals surface area contributed by atoms with Crippen molar-refractivity contribution in [3.8, 4) is 5.75 Å². The minimum absolute atomic E-state index is 0.0198. The van der Waals surface area contributed by atoms with Gasteiger partial charge in [-0.15, -0.1) is 0 Å². The van der Waals surface area contributed by atoms with Crippen LogP contribution in [-0.4, -0.2) is 47.9 Å². The van der Waals surface area contributed by atoms with Gasteiger partial charge in [0.1, 0.15) is 5.75 Å². The fourth-order valence-corrected chi connectivity index (χ4v) is 4.90. The molecule has 0 atom stereocenters. The maximum absolute atomic E-state index is 13.6. The Labute approximate surface area is 217 Å². The highest BCUT2D eigenvalue weighted by Crippen LogP contribution is 2.23. The van der Waals surface area contributed by atoms with Crippen molar-refractivity contribution in [1.29, 1.82) is 0 Å². The van der Waals surface area contributed by atoms with E-state index in [9.17, 15) is 9.59 Å². The number of hydrogen-bond donors (Lipinski definition) is 0. The van der Waals surface area contributed by atoms with Crippen LogP contribution in [0.4, 0.5) is 5.69 Å². The van der Waals surface area contributed by atoms with Gasteiger partial charge in [0.2, 0.25) is 0 Å². The Hall–Kier alpha value is -4.26. The monoisotopic (exact) mass is 496 g/mol. The lowest BCUT2D eigenvalue weighted by atomic mass is 10.1. The number of fused-ring (bicyclic) bond motifs is 1. The zero-order valence-electron chi connectivity index (χ0n) is 21.6. The molecule has 1 aliphatic rings. The number of carbonyl (C=O) groups is 1. The number of methoxy groups -OCH3 is 1. The zero-order chi connectivity index (χ0) is 25.9. The summed E-state index contributed by atoms with van der Waals surface area (Å²) < 4.78 is 9.20. The Morgan fingerprint density at radius 2 is 1.59 bits per heavy atom. The van der Waals surface area contributed by atoms with Crippen molar-refractivity contribution in [3.05, 3.63) is 117 Å². The number of benzene rings is 3. The summed E-state index contributed by atoms with van der Waals surface area (Å²) in [6, 6.07) is 25.6. The number of hydrogen-bond acceptors (Lipinski definition) is 4. The number of carbonyl (C=O) groups excluding carboxylic acids is 1. The molecule has 37 heavy (non-hydrogen) atoms. The number of anilines is 1. The zero-order valence-corrected chi connectivity index (χ0v) is 21.6. The number of rotatable bonds is 7. The molecule has 190 valence electrons. The average Bonchev–Trinajstić information content (AvgIpc) is 3.19. The SMILES string of the molecule is COc1ccc(Cn2c3c(c(=O)n2Cc2ccccc2)CCN(C(=O)c2cccc(N(C)C)c2)C3)cc1. The molecule has 3 aromatic carbocycles. The number of amides is 1. The van der Waals surface area contributed by atoms with E-state index in [1.165, 1.54) is 0 Å². The molecule has 7 heteroatoms. The lowest BCUT2D eigenvalue weighted by Crippen LogP contribution is -2.37. The summed E-state index contributed by atoms with van der Waals surface area (Å²) >= 11 is 0. The van der Waals surface area contributed by atoms with Gasteiger partial charge in [0.05, 0.1) is 32.4 Å². The second-order valence-electron chi connectivity index (χ2n) is 9.60. The van der Waals surface area contributed by atoms with E-state index in [0.29, 0.717) is 38.2 Å². The molecule has 0 saturated carbocycles. The number of nitrogens with zero attached hydrogens (tertiary/aromatic N) is 4. The highest BCUT2D eigenvalue weighted by Gasteiger charge is 2.29. The van der Waals surface area contributed by atoms with Crippen molar-refractivity contribution in [2.24, 2.45) is 0 Å². The predicted octanol–water partition coefficient (Wildman–Crippen LogP) is 4.02. The first-order valence-corrected chi connectivity index (χ1v) is 12.5. The third-order valence-corrected chi connectivity index (χ3v) is 6.98. The van der Waals surface area contributed by atoms with Crippen molar-refractivity contribution in [1.82, 2.24) is 14.3 Å². The third-order valence-electron chi connectivity index (χ3n) is 6.98. The van der Waals surface area contributed by atoms with Gasteiger partial charge in [-0.25, -0.2) is 4.68 Å². The largest absolute Gasteiger partial charge is 0.497 e. The quantitative estimate of drug-likeness (QED) is 0.388. The molecule has 0 bridgehead atoms. The van der Waals surface area contributed by atoms with E-state index in [2.05, 4.69) is 4.68 Å². The molecule has 2 heterocycles. The topological polar surface area (TPSA) is 59.7 Å². The van der Waals surface area contributed by atoms with Crippen LogP contribution in [0.1, 0.15) is 32.7 Å².